The van der Waals surface area contributed by atoms with Crippen molar-refractivity contribution in [2.24, 2.45) is 11.8 Å². The lowest BCUT2D eigenvalue weighted by atomic mass is 9.68. The van der Waals surface area contributed by atoms with Gasteiger partial charge in [0.05, 0.1) is 6.04 Å². The van der Waals surface area contributed by atoms with Crippen LogP contribution in [-0.2, 0) is 11.3 Å². The quantitative estimate of drug-likeness (QED) is 0.539. The van der Waals surface area contributed by atoms with Crippen LogP contribution in [0.25, 0.3) is 10.9 Å². The first-order chi connectivity index (χ1) is 15.6. The summed E-state index contributed by atoms with van der Waals surface area (Å²) in [5, 5.41) is 0.941. The lowest BCUT2D eigenvalue weighted by Gasteiger charge is -2.54. The van der Waals surface area contributed by atoms with Crippen LogP contribution in [-0.4, -0.2) is 57.8 Å². The van der Waals surface area contributed by atoms with Crippen LogP contribution in [0, 0.1) is 11.8 Å². The number of rotatable bonds is 3. The average molecular weight is 432 g/mol. The molecule has 5 nitrogen and oxygen atoms in total. The van der Waals surface area contributed by atoms with E-state index in [1.165, 1.54) is 37.8 Å². The average Bonchev–Trinajstić information content (AvgIpc) is 3.17. The van der Waals surface area contributed by atoms with E-state index < -0.39 is 0 Å². The number of piperidine rings is 3. The zero-order chi connectivity index (χ0) is 21.8. The van der Waals surface area contributed by atoms with Crippen molar-refractivity contribution in [3.05, 3.63) is 47.7 Å². The molecule has 3 saturated heterocycles. The van der Waals surface area contributed by atoms with E-state index in [-0.39, 0.29) is 17.7 Å². The van der Waals surface area contributed by atoms with Gasteiger partial charge in [0.1, 0.15) is 6.54 Å². The van der Waals surface area contributed by atoms with Gasteiger partial charge in [0.15, 0.2) is 5.78 Å². The fraction of sp³-hybridized carbons (Fsp3) is 0.556. The van der Waals surface area contributed by atoms with Gasteiger partial charge in [0.2, 0.25) is 5.91 Å². The third kappa shape index (κ3) is 3.24. The molecule has 5 heteroatoms. The number of benzene rings is 1. The summed E-state index contributed by atoms with van der Waals surface area (Å²) in [5.74, 6) is 1.48. The molecule has 0 spiro atoms. The molecule has 1 aromatic carbocycles. The van der Waals surface area contributed by atoms with E-state index in [0.29, 0.717) is 23.9 Å². The van der Waals surface area contributed by atoms with Crippen molar-refractivity contribution in [3.63, 3.8) is 0 Å². The van der Waals surface area contributed by atoms with Crippen LogP contribution in [0.2, 0.25) is 0 Å². The van der Waals surface area contributed by atoms with Crippen LogP contribution in [0.15, 0.2) is 42.1 Å². The molecule has 0 radical (unpaired) electrons. The number of nitrogens with zero attached hydrogens (tertiary/aromatic N) is 3. The maximum atomic E-state index is 13.7. The second-order valence-corrected chi connectivity index (χ2v) is 10.3. The molecular formula is C27H33N3O2. The predicted molar refractivity (Wildman–Crippen MR) is 126 cm³/mol. The zero-order valence-electron chi connectivity index (χ0n) is 19.0. The highest BCUT2D eigenvalue weighted by atomic mass is 16.2. The summed E-state index contributed by atoms with van der Waals surface area (Å²) >= 11 is 0. The van der Waals surface area contributed by atoms with Gasteiger partial charge in [-0.3, -0.25) is 14.5 Å². The topological polar surface area (TPSA) is 45.6 Å². The van der Waals surface area contributed by atoms with E-state index >= 15 is 0 Å². The second kappa shape index (κ2) is 7.87. The number of Topliss-reactive ketones (excluding diaryl/α,β-unsaturated/α-hetero) is 1. The lowest BCUT2D eigenvalue weighted by molar-refractivity contribution is -0.136. The Morgan fingerprint density at radius 2 is 1.97 bits per heavy atom. The first kappa shape index (κ1) is 20.2. The number of amides is 1. The van der Waals surface area contributed by atoms with Gasteiger partial charge in [0, 0.05) is 41.8 Å². The maximum absolute atomic E-state index is 13.7. The van der Waals surface area contributed by atoms with Crippen molar-refractivity contribution >= 4 is 22.6 Å². The van der Waals surface area contributed by atoms with Gasteiger partial charge >= 0.3 is 0 Å². The molecule has 3 aliphatic heterocycles. The van der Waals surface area contributed by atoms with Crippen molar-refractivity contribution < 1.29 is 9.59 Å². The molecule has 32 heavy (non-hydrogen) atoms. The Morgan fingerprint density at radius 1 is 1.09 bits per heavy atom. The van der Waals surface area contributed by atoms with Crippen molar-refractivity contribution in [3.8, 4) is 0 Å². The number of hydrogen-bond donors (Lipinski definition) is 0. The Hall–Kier alpha value is -2.40. The van der Waals surface area contributed by atoms with E-state index in [4.69, 9.17) is 0 Å². The summed E-state index contributed by atoms with van der Waals surface area (Å²) in [4.78, 5) is 30.7. The molecule has 2 aromatic rings. The molecule has 4 atom stereocenters. The first-order valence-electron chi connectivity index (χ1n) is 12.4. The molecule has 1 aliphatic carbocycles. The molecule has 3 fully saturated rings. The van der Waals surface area contributed by atoms with E-state index in [1.807, 2.05) is 35.0 Å². The summed E-state index contributed by atoms with van der Waals surface area (Å²) in [6.07, 6.45) is 11.9. The Kier molecular flexibility index (Phi) is 4.98. The van der Waals surface area contributed by atoms with Crippen molar-refractivity contribution in [2.75, 3.05) is 19.6 Å². The molecule has 4 aliphatic rings. The highest BCUT2D eigenvalue weighted by Crippen LogP contribution is 2.45. The lowest BCUT2D eigenvalue weighted by Crippen LogP contribution is -2.60. The van der Waals surface area contributed by atoms with E-state index in [2.05, 4.69) is 15.9 Å². The molecule has 0 N–H and O–H groups in total. The number of para-hydroxylation sites is 1. The van der Waals surface area contributed by atoms with Gasteiger partial charge < -0.3 is 9.47 Å². The minimum absolute atomic E-state index is 0.0483. The normalized spacial score (nSPS) is 29.9. The number of aromatic nitrogens is 1. The van der Waals surface area contributed by atoms with Crippen LogP contribution in [0.4, 0.5) is 0 Å². The van der Waals surface area contributed by atoms with Crippen LogP contribution in [0.1, 0.15) is 55.8 Å². The largest absolute Gasteiger partial charge is 0.337 e. The molecule has 1 amide bonds. The number of fused-ring (bicyclic) bond motifs is 7. The van der Waals surface area contributed by atoms with Crippen LogP contribution < -0.4 is 0 Å². The van der Waals surface area contributed by atoms with Gasteiger partial charge in [-0.05, 0) is 63.5 Å². The first-order valence-corrected chi connectivity index (χ1v) is 12.4. The standard InChI is InChI=1S/C27H33N3O2/c1-18(31)23-16-29(25-10-3-2-8-22(23)25)17-26(32)30-12-6-7-19-13-20-14-21(27(19)30)15-28-11-5-4-9-24(20)28/h2-3,8,10,13,16,20-21,24,27H,4-7,9,11-12,14-15,17H2,1H3/t20-,21-,24?,27?/m0/s1. The van der Waals surface area contributed by atoms with Crippen molar-refractivity contribution in [2.45, 2.75) is 64.1 Å². The van der Waals surface area contributed by atoms with Gasteiger partial charge in [0.25, 0.3) is 0 Å². The molecule has 4 heterocycles. The van der Waals surface area contributed by atoms with E-state index in [0.717, 1.165) is 42.9 Å². The minimum atomic E-state index is 0.0483. The van der Waals surface area contributed by atoms with Gasteiger partial charge in [-0.15, -0.1) is 0 Å². The maximum Gasteiger partial charge on any atom is 0.243 e. The number of hydrogen-bond acceptors (Lipinski definition) is 3. The second-order valence-electron chi connectivity index (χ2n) is 10.3. The third-order valence-corrected chi connectivity index (χ3v) is 8.45. The van der Waals surface area contributed by atoms with Crippen LogP contribution >= 0.6 is 0 Å². The molecule has 168 valence electrons. The third-order valence-electron chi connectivity index (χ3n) is 8.45. The Labute approximate surface area is 190 Å². The highest BCUT2D eigenvalue weighted by Gasteiger charge is 2.46. The van der Waals surface area contributed by atoms with Gasteiger partial charge in [-0.25, -0.2) is 0 Å². The minimum Gasteiger partial charge on any atom is -0.337 e. The number of carbonyl (C=O) groups excluding carboxylic acids is 2. The predicted octanol–water partition coefficient (Wildman–Crippen LogP) is 4.27. The Morgan fingerprint density at radius 3 is 2.84 bits per heavy atom. The monoisotopic (exact) mass is 431 g/mol. The van der Waals surface area contributed by atoms with Gasteiger partial charge in [-0.1, -0.05) is 36.3 Å². The number of carbonyl (C=O) groups is 2. The smallest absolute Gasteiger partial charge is 0.243 e. The van der Waals surface area contributed by atoms with Crippen molar-refractivity contribution in [1.29, 1.82) is 0 Å². The Bertz CT molecular complexity index is 1100. The Balaban J connectivity index is 1.29. The van der Waals surface area contributed by atoms with E-state index in [9.17, 15) is 9.59 Å². The SMILES string of the molecule is CC(=O)c1cn(CC(=O)N2CCCC3=C[C@H]4C[C@@H](CN5CCCCC45)C32)c2ccccc12. The fourth-order valence-corrected chi connectivity index (χ4v) is 7.15. The molecule has 2 unspecified atom stereocenters. The van der Waals surface area contributed by atoms with Crippen molar-refractivity contribution in [1.82, 2.24) is 14.4 Å². The summed E-state index contributed by atoms with van der Waals surface area (Å²) in [6.45, 7) is 5.13. The molecule has 6 rings (SSSR count). The number of likely N-dealkylation sites (tertiary alicyclic amines) is 1. The van der Waals surface area contributed by atoms with Gasteiger partial charge in [-0.2, -0.15) is 0 Å². The molecule has 0 saturated carbocycles. The molecular weight excluding hydrogens is 398 g/mol. The molecule has 2 bridgehead atoms. The zero-order valence-corrected chi connectivity index (χ0v) is 19.0. The highest BCUT2D eigenvalue weighted by molar-refractivity contribution is 6.07. The summed E-state index contributed by atoms with van der Waals surface area (Å²) in [6, 6.07) is 8.93. The van der Waals surface area contributed by atoms with E-state index in [1.54, 1.807) is 6.92 Å². The van der Waals surface area contributed by atoms with Crippen LogP contribution in [0.3, 0.4) is 0 Å². The summed E-state index contributed by atoms with van der Waals surface area (Å²) < 4.78 is 1.99. The van der Waals surface area contributed by atoms with Crippen LogP contribution in [0.5, 0.6) is 0 Å². The molecule has 1 aromatic heterocycles. The summed E-state index contributed by atoms with van der Waals surface area (Å²) in [7, 11) is 0. The number of ketones is 1. The fourth-order valence-electron chi connectivity index (χ4n) is 7.15. The summed E-state index contributed by atoms with van der Waals surface area (Å²) in [5.41, 5.74) is 3.20.